The Morgan fingerprint density at radius 2 is 1.75 bits per heavy atom. The molecule has 0 aromatic heterocycles. The Labute approximate surface area is 234 Å². The second-order valence-corrected chi connectivity index (χ2v) is 13.4. The van der Waals surface area contributed by atoms with E-state index in [1.165, 1.54) is 12.1 Å². The van der Waals surface area contributed by atoms with E-state index >= 15 is 0 Å². The summed E-state index contributed by atoms with van der Waals surface area (Å²) in [5.41, 5.74) is -1.80. The molecule has 40 heavy (non-hydrogen) atoms. The van der Waals surface area contributed by atoms with Gasteiger partial charge < -0.3 is 20.1 Å². The van der Waals surface area contributed by atoms with E-state index in [0.29, 0.717) is 51.3 Å². The molecule has 8 nitrogen and oxygen atoms in total. The maximum absolute atomic E-state index is 13.7. The van der Waals surface area contributed by atoms with Crippen LogP contribution in [0.4, 0.5) is 18.9 Å². The van der Waals surface area contributed by atoms with Gasteiger partial charge in [-0.05, 0) is 55.7 Å². The number of nitrogens with zero attached hydrogens (tertiary/aromatic N) is 1. The molecule has 2 saturated carbocycles. The molecule has 0 spiro atoms. The molecule has 3 fully saturated rings. The number of sulfone groups is 1. The number of anilines is 1. The number of aliphatic hydroxyl groups is 1. The van der Waals surface area contributed by atoms with Crippen LogP contribution in [0, 0.1) is 29.3 Å². The fourth-order valence-corrected chi connectivity index (χ4v) is 8.62. The summed E-state index contributed by atoms with van der Waals surface area (Å²) in [5, 5.41) is 12.7. The van der Waals surface area contributed by atoms with Crippen LogP contribution in [0.1, 0.15) is 42.5 Å². The maximum Gasteiger partial charge on any atom is 0.255 e. The zero-order valence-electron chi connectivity index (χ0n) is 21.3. The number of hydrogen-bond donors (Lipinski definition) is 2. The van der Waals surface area contributed by atoms with Gasteiger partial charge in [0, 0.05) is 36.5 Å². The molecule has 2 bridgehead atoms. The highest BCUT2D eigenvalue weighted by atomic mass is 35.5. The molecule has 2 aliphatic carbocycles. The van der Waals surface area contributed by atoms with Gasteiger partial charge in [-0.2, -0.15) is 0 Å². The lowest BCUT2D eigenvalue weighted by Crippen LogP contribution is -2.46. The molecule has 0 radical (unpaired) electrons. The minimum Gasteiger partial charge on any atom is -0.389 e. The first-order chi connectivity index (χ1) is 18.9. The zero-order valence-corrected chi connectivity index (χ0v) is 22.9. The first-order valence-corrected chi connectivity index (χ1v) is 14.9. The van der Waals surface area contributed by atoms with Crippen LogP contribution >= 0.6 is 11.6 Å². The third-order valence-electron chi connectivity index (χ3n) is 8.17. The van der Waals surface area contributed by atoms with E-state index in [9.17, 15) is 36.3 Å². The minimum atomic E-state index is -4.07. The number of halogens is 4. The van der Waals surface area contributed by atoms with Gasteiger partial charge in [-0.25, -0.2) is 21.6 Å². The molecule has 3 unspecified atom stereocenters. The normalized spacial score (nSPS) is 26.5. The molecule has 2 amide bonds. The summed E-state index contributed by atoms with van der Waals surface area (Å²) < 4.78 is 73.1. The number of morpholine rings is 1. The van der Waals surface area contributed by atoms with Crippen molar-refractivity contribution in [1.29, 1.82) is 0 Å². The van der Waals surface area contributed by atoms with Crippen molar-refractivity contribution in [2.24, 2.45) is 11.8 Å². The van der Waals surface area contributed by atoms with Gasteiger partial charge in [0.05, 0.1) is 40.4 Å². The van der Waals surface area contributed by atoms with Gasteiger partial charge >= 0.3 is 0 Å². The van der Waals surface area contributed by atoms with Gasteiger partial charge in [-0.1, -0.05) is 11.6 Å². The summed E-state index contributed by atoms with van der Waals surface area (Å²) in [6.07, 6.45) is 1.25. The van der Waals surface area contributed by atoms with Crippen LogP contribution in [0.5, 0.6) is 0 Å². The Morgan fingerprint density at radius 3 is 2.42 bits per heavy atom. The number of rotatable bonds is 6. The third kappa shape index (κ3) is 5.59. The van der Waals surface area contributed by atoms with Crippen LogP contribution in [0.25, 0.3) is 0 Å². The fourth-order valence-electron chi connectivity index (χ4n) is 6.18. The Kier molecular flexibility index (Phi) is 7.90. The van der Waals surface area contributed by atoms with Crippen LogP contribution in [-0.2, 0) is 19.4 Å². The molecule has 1 aliphatic heterocycles. The number of ether oxygens (including phenoxy) is 1. The first-order valence-electron chi connectivity index (χ1n) is 12.9. The molecule has 13 heteroatoms. The number of amides is 2. The number of hydrogen-bond acceptors (Lipinski definition) is 6. The highest BCUT2D eigenvalue weighted by molar-refractivity contribution is 7.92. The van der Waals surface area contributed by atoms with Gasteiger partial charge in [0.25, 0.3) is 5.91 Å². The molecular weight excluding hydrogens is 573 g/mol. The molecule has 1 heterocycles. The van der Waals surface area contributed by atoms with Crippen LogP contribution in [0.2, 0.25) is 5.02 Å². The van der Waals surface area contributed by atoms with E-state index in [1.807, 2.05) is 0 Å². The minimum absolute atomic E-state index is 0.0814. The van der Waals surface area contributed by atoms with Crippen molar-refractivity contribution in [2.75, 3.05) is 31.6 Å². The lowest BCUT2D eigenvalue weighted by Gasteiger charge is -2.35. The quantitative estimate of drug-likeness (QED) is 0.486. The summed E-state index contributed by atoms with van der Waals surface area (Å²) in [5.74, 6) is -6.23. The molecule has 1 saturated heterocycles. The van der Waals surface area contributed by atoms with Crippen molar-refractivity contribution < 1.29 is 41.0 Å². The topological polar surface area (TPSA) is 113 Å². The fraction of sp³-hybridized carbons (Fsp3) is 0.481. The molecule has 216 valence electrons. The summed E-state index contributed by atoms with van der Waals surface area (Å²) in [4.78, 5) is 27.0. The predicted molar refractivity (Wildman–Crippen MR) is 139 cm³/mol. The van der Waals surface area contributed by atoms with Crippen molar-refractivity contribution in [3.63, 3.8) is 0 Å². The first kappa shape index (κ1) is 28.8. The van der Waals surface area contributed by atoms with E-state index < -0.39 is 50.0 Å². The standard InChI is InChI=1S/C27H28ClF3N2O6S/c28-20-2-1-16(26(35)32-18-11-21(29)25(31)22(30)12-18)9-23(20)40(37,38)19-8-15-7-17(10-19)27(36,13-15)14-24(34)33-3-5-39-6-4-33/h1-2,9,11-12,15,17,19,36H,3-8,10,13-14H2,(H,32,35)/t15?,17?,19?,27-/m0/s1. The molecule has 4 atom stereocenters. The number of nitrogens with one attached hydrogen (secondary N) is 1. The SMILES string of the molecule is O=C(Nc1cc(F)c(F)c(F)c1)c1ccc(Cl)c(S(=O)(=O)C2CC3CC(C2)[C@@](O)(CC(=O)N2CCOCC2)C3)c1. The van der Waals surface area contributed by atoms with Crippen molar-refractivity contribution in [2.45, 2.75) is 47.9 Å². The van der Waals surface area contributed by atoms with E-state index in [4.69, 9.17) is 16.3 Å². The summed E-state index contributed by atoms with van der Waals surface area (Å²) in [7, 11) is -4.07. The number of carbonyl (C=O) groups is 2. The van der Waals surface area contributed by atoms with Crippen molar-refractivity contribution >= 4 is 38.9 Å². The lowest BCUT2D eigenvalue weighted by atomic mass is 9.83. The van der Waals surface area contributed by atoms with Crippen molar-refractivity contribution in [3.05, 3.63) is 58.4 Å². The third-order valence-corrected chi connectivity index (χ3v) is 10.8. The summed E-state index contributed by atoms with van der Waals surface area (Å²) in [6, 6.07) is 4.80. The van der Waals surface area contributed by atoms with Crippen LogP contribution in [-0.4, -0.2) is 67.4 Å². The van der Waals surface area contributed by atoms with Gasteiger partial charge in [0.1, 0.15) is 0 Å². The monoisotopic (exact) mass is 600 g/mol. The molecule has 2 aromatic carbocycles. The predicted octanol–water partition coefficient (Wildman–Crippen LogP) is 3.95. The Morgan fingerprint density at radius 1 is 1.07 bits per heavy atom. The maximum atomic E-state index is 13.7. The van der Waals surface area contributed by atoms with Crippen LogP contribution in [0.15, 0.2) is 35.2 Å². The Hall–Kier alpha value is -2.67. The Balaban J connectivity index is 1.33. The van der Waals surface area contributed by atoms with Crippen LogP contribution < -0.4 is 5.32 Å². The van der Waals surface area contributed by atoms with E-state index in [1.54, 1.807) is 4.90 Å². The van der Waals surface area contributed by atoms with Crippen LogP contribution in [0.3, 0.4) is 0 Å². The highest BCUT2D eigenvalue weighted by Gasteiger charge is 2.53. The molecule has 2 N–H and O–H groups in total. The average molecular weight is 601 g/mol. The van der Waals surface area contributed by atoms with Gasteiger partial charge in [-0.3, -0.25) is 9.59 Å². The molecule has 5 rings (SSSR count). The smallest absolute Gasteiger partial charge is 0.255 e. The number of benzene rings is 2. The average Bonchev–Trinajstić information content (AvgIpc) is 3.14. The van der Waals surface area contributed by atoms with E-state index in [0.717, 1.165) is 6.07 Å². The van der Waals surface area contributed by atoms with Gasteiger partial charge in [-0.15, -0.1) is 0 Å². The second kappa shape index (κ2) is 11.0. The summed E-state index contributed by atoms with van der Waals surface area (Å²) in [6.45, 7) is 1.78. The number of carbonyl (C=O) groups excluding carboxylic acids is 2. The molecule has 3 aliphatic rings. The van der Waals surface area contributed by atoms with Gasteiger partial charge in [0.15, 0.2) is 27.3 Å². The van der Waals surface area contributed by atoms with E-state index in [2.05, 4.69) is 5.32 Å². The Bertz CT molecular complexity index is 1430. The largest absolute Gasteiger partial charge is 0.389 e. The molecule has 2 aromatic rings. The zero-order chi connectivity index (χ0) is 28.8. The van der Waals surface area contributed by atoms with Crippen molar-refractivity contribution in [1.82, 2.24) is 4.90 Å². The molecular formula is C27H28ClF3N2O6S. The van der Waals surface area contributed by atoms with Crippen molar-refractivity contribution in [3.8, 4) is 0 Å². The number of fused-ring (bicyclic) bond motifs is 2. The van der Waals surface area contributed by atoms with Gasteiger partial charge in [0.2, 0.25) is 5.91 Å². The lowest BCUT2D eigenvalue weighted by molar-refractivity contribution is -0.142. The summed E-state index contributed by atoms with van der Waals surface area (Å²) >= 11 is 6.26. The second-order valence-electron chi connectivity index (χ2n) is 10.8. The highest BCUT2D eigenvalue weighted by Crippen LogP contribution is 2.52. The van der Waals surface area contributed by atoms with E-state index in [-0.39, 0.29) is 52.3 Å².